The second-order valence-electron chi connectivity index (χ2n) is 7.48. The topological polar surface area (TPSA) is 49.4 Å². The first-order chi connectivity index (χ1) is 13.9. The summed E-state index contributed by atoms with van der Waals surface area (Å²) in [6.07, 6.45) is 0.859. The quantitative estimate of drug-likeness (QED) is 0.622. The van der Waals surface area contributed by atoms with Crippen molar-refractivity contribution in [1.82, 2.24) is 10.2 Å². The van der Waals surface area contributed by atoms with E-state index in [0.29, 0.717) is 12.3 Å². The summed E-state index contributed by atoms with van der Waals surface area (Å²) in [6.45, 7) is 8.32. The fourth-order valence-corrected chi connectivity index (χ4v) is 3.83. The second-order valence-corrected chi connectivity index (χ2v) is 8.47. The van der Waals surface area contributed by atoms with Crippen LogP contribution in [-0.4, -0.2) is 34.6 Å². The van der Waals surface area contributed by atoms with Crippen LogP contribution in [0.3, 0.4) is 0 Å². The van der Waals surface area contributed by atoms with Crippen LogP contribution in [0, 0.1) is 6.92 Å². The van der Waals surface area contributed by atoms with E-state index in [2.05, 4.69) is 30.4 Å². The molecule has 1 N–H and O–H groups in total. The summed E-state index contributed by atoms with van der Waals surface area (Å²) in [4.78, 5) is 27.4. The van der Waals surface area contributed by atoms with Crippen molar-refractivity contribution in [1.29, 1.82) is 0 Å². The predicted molar refractivity (Wildman–Crippen MR) is 122 cm³/mol. The van der Waals surface area contributed by atoms with E-state index in [4.69, 9.17) is 0 Å². The molecule has 0 fully saturated rings. The molecular formula is C24H32N2O2S. The molecule has 0 unspecified atom stereocenters. The highest BCUT2D eigenvalue weighted by Crippen LogP contribution is 2.17. The van der Waals surface area contributed by atoms with Gasteiger partial charge in [0.2, 0.25) is 11.8 Å². The Morgan fingerprint density at radius 1 is 1.03 bits per heavy atom. The van der Waals surface area contributed by atoms with Gasteiger partial charge in [-0.05, 0) is 38.3 Å². The first-order valence-electron chi connectivity index (χ1n) is 10.2. The lowest BCUT2D eigenvalue weighted by molar-refractivity contribution is -0.138. The molecule has 2 aromatic rings. The first kappa shape index (κ1) is 23.0. The molecule has 0 radical (unpaired) electrons. The second kappa shape index (κ2) is 11.7. The van der Waals surface area contributed by atoms with Gasteiger partial charge in [0.05, 0.1) is 5.75 Å². The van der Waals surface area contributed by atoms with E-state index in [1.807, 2.05) is 57.2 Å². The van der Waals surface area contributed by atoms with Gasteiger partial charge in [-0.3, -0.25) is 9.59 Å². The number of benzene rings is 2. The van der Waals surface area contributed by atoms with Crippen LogP contribution in [0.4, 0.5) is 0 Å². The Hall–Kier alpha value is -2.27. The van der Waals surface area contributed by atoms with Gasteiger partial charge < -0.3 is 10.2 Å². The fourth-order valence-electron chi connectivity index (χ4n) is 2.97. The molecule has 29 heavy (non-hydrogen) atoms. The highest BCUT2D eigenvalue weighted by atomic mass is 32.2. The summed E-state index contributed by atoms with van der Waals surface area (Å²) in [5.74, 6) is 1.01. The maximum atomic E-state index is 13.0. The van der Waals surface area contributed by atoms with Gasteiger partial charge in [0.1, 0.15) is 6.04 Å². The molecule has 2 amide bonds. The van der Waals surface area contributed by atoms with Crippen LogP contribution in [0.1, 0.15) is 43.9 Å². The van der Waals surface area contributed by atoms with Gasteiger partial charge in [0, 0.05) is 18.3 Å². The number of aryl methyl sites for hydroxylation is 1. The van der Waals surface area contributed by atoms with E-state index in [0.717, 1.165) is 17.7 Å². The van der Waals surface area contributed by atoms with Crippen LogP contribution in [0.5, 0.6) is 0 Å². The maximum Gasteiger partial charge on any atom is 0.242 e. The average Bonchev–Trinajstić information content (AvgIpc) is 2.72. The Morgan fingerprint density at radius 3 is 2.38 bits per heavy atom. The Morgan fingerprint density at radius 2 is 1.72 bits per heavy atom. The summed E-state index contributed by atoms with van der Waals surface area (Å²) in [5, 5.41) is 3.00. The molecule has 0 aliphatic carbocycles. The zero-order valence-electron chi connectivity index (χ0n) is 17.9. The lowest BCUT2D eigenvalue weighted by Crippen LogP contribution is -2.50. The molecule has 2 aromatic carbocycles. The Labute approximate surface area is 179 Å². The van der Waals surface area contributed by atoms with Crippen molar-refractivity contribution in [2.75, 3.05) is 5.75 Å². The van der Waals surface area contributed by atoms with E-state index in [9.17, 15) is 9.59 Å². The predicted octanol–water partition coefficient (Wildman–Crippen LogP) is 4.56. The highest BCUT2D eigenvalue weighted by Gasteiger charge is 2.26. The fraction of sp³-hybridized carbons (Fsp3) is 0.417. The zero-order valence-corrected chi connectivity index (χ0v) is 18.7. The third-order valence-electron chi connectivity index (χ3n) is 4.94. The van der Waals surface area contributed by atoms with Gasteiger partial charge in [-0.25, -0.2) is 0 Å². The third-order valence-corrected chi connectivity index (χ3v) is 5.93. The number of thioether (sulfide) groups is 1. The number of rotatable bonds is 10. The zero-order chi connectivity index (χ0) is 21.2. The van der Waals surface area contributed by atoms with Crippen LogP contribution < -0.4 is 5.32 Å². The van der Waals surface area contributed by atoms with Crippen molar-refractivity contribution in [3.05, 3.63) is 71.3 Å². The molecule has 0 heterocycles. The minimum atomic E-state index is -0.517. The van der Waals surface area contributed by atoms with Gasteiger partial charge in [-0.1, -0.05) is 67.1 Å². The molecule has 0 aliphatic heterocycles. The van der Waals surface area contributed by atoms with Crippen molar-refractivity contribution in [3.8, 4) is 0 Å². The molecule has 2 rings (SSSR count). The van der Waals surface area contributed by atoms with Crippen molar-refractivity contribution in [3.63, 3.8) is 0 Å². The Kier molecular flexibility index (Phi) is 9.26. The van der Waals surface area contributed by atoms with E-state index in [1.54, 1.807) is 16.7 Å². The molecule has 0 saturated heterocycles. The summed E-state index contributed by atoms with van der Waals surface area (Å²) in [7, 11) is 0. The molecule has 4 nitrogen and oxygen atoms in total. The normalized spacial score (nSPS) is 12.8. The minimum absolute atomic E-state index is 0.0155. The lowest BCUT2D eigenvalue weighted by atomic mass is 10.1. The summed E-state index contributed by atoms with van der Waals surface area (Å²) in [6, 6.07) is 17.7. The number of carbonyl (C=O) groups is 2. The molecule has 0 aliphatic rings. The van der Waals surface area contributed by atoms with Crippen molar-refractivity contribution in [2.45, 2.75) is 58.5 Å². The first-order valence-corrected chi connectivity index (χ1v) is 11.3. The van der Waals surface area contributed by atoms with E-state index in [-0.39, 0.29) is 17.9 Å². The third kappa shape index (κ3) is 7.58. The van der Waals surface area contributed by atoms with Crippen molar-refractivity contribution in [2.24, 2.45) is 0 Å². The number of amides is 2. The van der Waals surface area contributed by atoms with Crippen molar-refractivity contribution >= 4 is 23.6 Å². The summed E-state index contributed by atoms with van der Waals surface area (Å²) >= 11 is 1.59. The van der Waals surface area contributed by atoms with Crippen molar-refractivity contribution < 1.29 is 9.59 Å². The maximum absolute atomic E-state index is 13.0. The molecule has 2 atom stereocenters. The molecular weight excluding hydrogens is 380 g/mol. The van der Waals surface area contributed by atoms with Gasteiger partial charge in [0.15, 0.2) is 0 Å². The summed E-state index contributed by atoms with van der Waals surface area (Å²) in [5.41, 5.74) is 3.45. The van der Waals surface area contributed by atoms with Gasteiger partial charge in [0.25, 0.3) is 0 Å². The summed E-state index contributed by atoms with van der Waals surface area (Å²) < 4.78 is 0. The number of nitrogens with one attached hydrogen (secondary N) is 1. The average molecular weight is 413 g/mol. The molecule has 0 aromatic heterocycles. The Balaban J connectivity index is 2.04. The number of carbonyl (C=O) groups excluding carboxylic acids is 2. The van der Waals surface area contributed by atoms with E-state index >= 15 is 0 Å². The van der Waals surface area contributed by atoms with Crippen LogP contribution in [0.25, 0.3) is 0 Å². The number of hydrogen-bond donors (Lipinski definition) is 1. The van der Waals surface area contributed by atoms with Gasteiger partial charge in [-0.15, -0.1) is 11.8 Å². The van der Waals surface area contributed by atoms with Gasteiger partial charge in [-0.2, -0.15) is 0 Å². The number of hydrogen-bond acceptors (Lipinski definition) is 3. The van der Waals surface area contributed by atoms with Crippen LogP contribution >= 0.6 is 11.8 Å². The van der Waals surface area contributed by atoms with Crippen LogP contribution in [0.2, 0.25) is 0 Å². The Bertz CT molecular complexity index is 794. The van der Waals surface area contributed by atoms with Crippen LogP contribution in [0.15, 0.2) is 54.6 Å². The smallest absolute Gasteiger partial charge is 0.242 e. The van der Waals surface area contributed by atoms with E-state index < -0.39 is 6.04 Å². The number of nitrogens with zero attached hydrogens (tertiary/aromatic N) is 1. The van der Waals surface area contributed by atoms with Gasteiger partial charge >= 0.3 is 0 Å². The molecule has 0 spiro atoms. The molecule has 0 saturated carbocycles. The minimum Gasteiger partial charge on any atom is -0.352 e. The monoisotopic (exact) mass is 412 g/mol. The molecule has 156 valence electrons. The lowest BCUT2D eigenvalue weighted by Gasteiger charge is -2.29. The van der Waals surface area contributed by atoms with Crippen LogP contribution in [-0.2, 0) is 21.9 Å². The SMILES string of the molecule is CC[C@@H](C)NC(=O)[C@@H](C)N(Cc1ccccc1)C(=O)CSCc1cccc(C)c1. The highest BCUT2D eigenvalue weighted by molar-refractivity contribution is 7.99. The largest absolute Gasteiger partial charge is 0.352 e. The standard InChI is InChI=1S/C24H32N2O2S/c1-5-19(3)25-24(28)20(4)26(15-21-11-7-6-8-12-21)23(27)17-29-16-22-13-9-10-18(2)14-22/h6-14,19-20H,5,15-17H2,1-4H3,(H,25,28)/t19-,20-/m1/s1. The van der Waals surface area contributed by atoms with E-state index in [1.165, 1.54) is 11.1 Å². The molecule has 5 heteroatoms. The molecule has 0 bridgehead atoms.